The number of hydrogen-bond acceptors (Lipinski definition) is 4. The van der Waals surface area contributed by atoms with E-state index >= 15 is 0 Å². The predicted octanol–water partition coefficient (Wildman–Crippen LogP) is 0.861. The van der Waals surface area contributed by atoms with Crippen LogP contribution in [0.1, 0.15) is 0 Å². The molecule has 0 amide bonds. The van der Waals surface area contributed by atoms with Crippen molar-refractivity contribution in [2.24, 2.45) is 0 Å². The summed E-state index contributed by atoms with van der Waals surface area (Å²) in [4.78, 5) is -0.170. The van der Waals surface area contributed by atoms with Crippen molar-refractivity contribution in [3.8, 4) is 0 Å². The summed E-state index contributed by atoms with van der Waals surface area (Å²) in [5.74, 6) is -0.607. The van der Waals surface area contributed by atoms with Crippen molar-refractivity contribution >= 4 is 21.6 Å². The number of rotatable bonds is 3. The van der Waals surface area contributed by atoms with E-state index in [2.05, 4.69) is 0 Å². The van der Waals surface area contributed by atoms with Crippen LogP contribution in [-0.2, 0) is 14.8 Å². The zero-order valence-electron chi connectivity index (χ0n) is 9.92. The average Bonchev–Trinajstić information content (AvgIpc) is 2.38. The Morgan fingerprint density at radius 3 is 2.89 bits per heavy atom. The van der Waals surface area contributed by atoms with Gasteiger partial charge in [0, 0.05) is 6.54 Å². The van der Waals surface area contributed by atoms with E-state index in [0.29, 0.717) is 0 Å². The van der Waals surface area contributed by atoms with Gasteiger partial charge in [0.2, 0.25) is 10.0 Å². The van der Waals surface area contributed by atoms with Crippen molar-refractivity contribution in [3.63, 3.8) is 0 Å². The van der Waals surface area contributed by atoms with Crippen molar-refractivity contribution in [1.82, 2.24) is 4.31 Å². The molecule has 0 bridgehead atoms. The van der Waals surface area contributed by atoms with Crippen molar-refractivity contribution in [2.75, 3.05) is 26.4 Å². The standard InChI is InChI=1S/C11H13ClFNO4S/c12-10-5-8(13)1-2-11(10)19(16,17)14-3-4-18-7-9(14)6-15/h1-2,5,9,15H,3-4,6-7H2. The fourth-order valence-corrected chi connectivity index (χ4v) is 4.00. The molecule has 106 valence electrons. The normalized spacial score (nSPS) is 21.5. The van der Waals surface area contributed by atoms with Gasteiger partial charge in [-0.2, -0.15) is 4.31 Å². The summed E-state index contributed by atoms with van der Waals surface area (Å²) in [6, 6.07) is 2.45. The first-order valence-electron chi connectivity index (χ1n) is 5.62. The van der Waals surface area contributed by atoms with E-state index in [4.69, 9.17) is 16.3 Å². The quantitative estimate of drug-likeness (QED) is 0.899. The maximum atomic E-state index is 13.0. The third-order valence-electron chi connectivity index (χ3n) is 2.86. The molecule has 2 rings (SSSR count). The monoisotopic (exact) mass is 309 g/mol. The van der Waals surface area contributed by atoms with Gasteiger partial charge in [0.1, 0.15) is 10.7 Å². The lowest BCUT2D eigenvalue weighted by Gasteiger charge is -2.33. The van der Waals surface area contributed by atoms with Crippen LogP contribution in [0.15, 0.2) is 23.1 Å². The van der Waals surface area contributed by atoms with Crippen LogP contribution in [0.2, 0.25) is 5.02 Å². The second-order valence-corrected chi connectivity index (χ2v) is 6.37. The number of halogens is 2. The van der Waals surface area contributed by atoms with Gasteiger partial charge in [-0.1, -0.05) is 11.6 Å². The van der Waals surface area contributed by atoms with Crippen LogP contribution >= 0.6 is 11.6 Å². The van der Waals surface area contributed by atoms with Crippen LogP contribution in [0.3, 0.4) is 0 Å². The molecule has 0 aromatic heterocycles. The third kappa shape index (κ3) is 2.90. The summed E-state index contributed by atoms with van der Waals surface area (Å²) in [5, 5.41) is 9.03. The molecule has 1 unspecified atom stereocenters. The number of benzene rings is 1. The molecule has 0 aliphatic carbocycles. The van der Waals surface area contributed by atoms with Gasteiger partial charge in [-0.15, -0.1) is 0 Å². The summed E-state index contributed by atoms with van der Waals surface area (Å²) in [6.07, 6.45) is 0. The lowest BCUT2D eigenvalue weighted by atomic mass is 10.3. The minimum Gasteiger partial charge on any atom is -0.395 e. The van der Waals surface area contributed by atoms with E-state index in [-0.39, 0.29) is 36.3 Å². The van der Waals surface area contributed by atoms with E-state index in [9.17, 15) is 17.9 Å². The van der Waals surface area contributed by atoms with Gasteiger partial charge >= 0.3 is 0 Å². The molecule has 1 heterocycles. The first-order chi connectivity index (χ1) is 8.96. The molecule has 1 aromatic rings. The minimum absolute atomic E-state index is 0.120. The molecule has 1 fully saturated rings. The number of nitrogens with zero attached hydrogens (tertiary/aromatic N) is 1. The molecule has 1 N–H and O–H groups in total. The van der Waals surface area contributed by atoms with Crippen LogP contribution < -0.4 is 0 Å². The number of aliphatic hydroxyl groups is 1. The zero-order chi connectivity index (χ0) is 14.0. The molecule has 1 saturated heterocycles. The van der Waals surface area contributed by atoms with Crippen LogP contribution in [0, 0.1) is 5.82 Å². The number of morpholine rings is 1. The molecule has 0 radical (unpaired) electrons. The molecular formula is C11H13ClFNO4S. The Labute approximate surface area is 115 Å². The maximum Gasteiger partial charge on any atom is 0.245 e. The Bertz CT molecular complexity index is 566. The number of ether oxygens (including phenoxy) is 1. The van der Waals surface area contributed by atoms with Crippen LogP contribution in [0.4, 0.5) is 4.39 Å². The SMILES string of the molecule is O=S(=O)(c1ccc(F)cc1Cl)N1CCOCC1CO. The highest BCUT2D eigenvalue weighted by molar-refractivity contribution is 7.89. The molecule has 0 spiro atoms. The van der Waals surface area contributed by atoms with Gasteiger partial charge in [0.05, 0.1) is 30.9 Å². The molecule has 19 heavy (non-hydrogen) atoms. The Hall–Kier alpha value is -0.730. The first-order valence-corrected chi connectivity index (χ1v) is 7.44. The van der Waals surface area contributed by atoms with Gasteiger partial charge in [0.25, 0.3) is 0 Å². The Kier molecular flexibility index (Phi) is 4.42. The van der Waals surface area contributed by atoms with Gasteiger partial charge in [-0.05, 0) is 18.2 Å². The highest BCUT2D eigenvalue weighted by atomic mass is 35.5. The van der Waals surface area contributed by atoms with Crippen LogP contribution in [0.5, 0.6) is 0 Å². The highest BCUT2D eigenvalue weighted by Gasteiger charge is 2.34. The Balaban J connectivity index is 2.40. The Morgan fingerprint density at radius 1 is 1.53 bits per heavy atom. The lowest BCUT2D eigenvalue weighted by molar-refractivity contribution is 0.0109. The van der Waals surface area contributed by atoms with E-state index < -0.39 is 21.9 Å². The first kappa shape index (κ1) is 14.7. The molecule has 8 heteroatoms. The van der Waals surface area contributed by atoms with Crippen LogP contribution in [-0.4, -0.2) is 50.2 Å². The van der Waals surface area contributed by atoms with E-state index in [1.807, 2.05) is 0 Å². The summed E-state index contributed by atoms with van der Waals surface area (Å²) in [7, 11) is -3.88. The van der Waals surface area contributed by atoms with E-state index in [1.54, 1.807) is 0 Å². The number of sulfonamides is 1. The van der Waals surface area contributed by atoms with E-state index in [1.165, 1.54) is 0 Å². The predicted molar refractivity (Wildman–Crippen MR) is 67.0 cm³/mol. The third-order valence-corrected chi connectivity index (χ3v) is 5.30. The molecule has 1 aromatic carbocycles. The minimum atomic E-state index is -3.88. The topological polar surface area (TPSA) is 66.8 Å². The second-order valence-electron chi connectivity index (χ2n) is 4.10. The molecule has 5 nitrogen and oxygen atoms in total. The number of aliphatic hydroxyl groups excluding tert-OH is 1. The molecule has 1 aliphatic rings. The molecular weight excluding hydrogens is 297 g/mol. The summed E-state index contributed by atoms with van der Waals surface area (Å²) < 4.78 is 44.1. The summed E-state index contributed by atoms with van der Waals surface area (Å²) in [5.41, 5.74) is 0. The van der Waals surface area contributed by atoms with Crippen molar-refractivity contribution in [2.45, 2.75) is 10.9 Å². The van der Waals surface area contributed by atoms with Crippen molar-refractivity contribution in [3.05, 3.63) is 29.0 Å². The molecule has 1 atom stereocenters. The smallest absolute Gasteiger partial charge is 0.245 e. The van der Waals surface area contributed by atoms with Gasteiger partial charge < -0.3 is 9.84 Å². The van der Waals surface area contributed by atoms with Crippen molar-refractivity contribution < 1.29 is 22.7 Å². The highest BCUT2D eigenvalue weighted by Crippen LogP contribution is 2.27. The van der Waals surface area contributed by atoms with Crippen molar-refractivity contribution in [1.29, 1.82) is 0 Å². The van der Waals surface area contributed by atoms with Gasteiger partial charge in [-0.25, -0.2) is 12.8 Å². The van der Waals surface area contributed by atoms with Gasteiger partial charge in [0.15, 0.2) is 0 Å². The lowest BCUT2D eigenvalue weighted by Crippen LogP contribution is -2.50. The zero-order valence-corrected chi connectivity index (χ0v) is 11.5. The summed E-state index contributed by atoms with van der Waals surface area (Å²) in [6.45, 7) is 0.141. The fourth-order valence-electron chi connectivity index (χ4n) is 1.91. The second kappa shape index (κ2) is 5.72. The fraction of sp³-hybridized carbons (Fsp3) is 0.455. The van der Waals surface area contributed by atoms with Crippen LogP contribution in [0.25, 0.3) is 0 Å². The number of hydrogen-bond donors (Lipinski definition) is 1. The van der Waals surface area contributed by atoms with E-state index in [0.717, 1.165) is 22.5 Å². The average molecular weight is 310 g/mol. The Morgan fingerprint density at radius 2 is 2.26 bits per heavy atom. The molecule has 0 saturated carbocycles. The summed E-state index contributed by atoms with van der Waals surface area (Å²) >= 11 is 5.78. The largest absolute Gasteiger partial charge is 0.395 e. The molecule has 1 aliphatic heterocycles. The van der Waals surface area contributed by atoms with Gasteiger partial charge in [-0.3, -0.25) is 0 Å². The maximum absolute atomic E-state index is 13.0.